The summed E-state index contributed by atoms with van der Waals surface area (Å²) < 4.78 is 25.7. The van der Waals surface area contributed by atoms with Crippen LogP contribution in [-0.4, -0.2) is 55.4 Å². The topological polar surface area (TPSA) is 100 Å². The van der Waals surface area contributed by atoms with Gasteiger partial charge in [-0.3, -0.25) is 0 Å². The van der Waals surface area contributed by atoms with Crippen molar-refractivity contribution >= 4 is 77.0 Å². The van der Waals surface area contributed by atoms with Gasteiger partial charge in [-0.2, -0.15) is 8.42 Å². The molecule has 0 aliphatic heterocycles. The molecule has 2 atom stereocenters. The molecular formula is C23H35Cl6N2O4S2+. The number of benzene rings is 2. The molecule has 2 unspecified atom stereocenters. The summed E-state index contributed by atoms with van der Waals surface area (Å²) >= 11 is 16.6. The molecule has 0 saturated heterocycles. The fraction of sp³-hybridized carbons (Fsp3) is 0.435. The van der Waals surface area contributed by atoms with Gasteiger partial charge in [-0.05, 0) is 62.2 Å². The van der Waals surface area contributed by atoms with Crippen molar-refractivity contribution in [2.75, 3.05) is 26.2 Å². The van der Waals surface area contributed by atoms with E-state index >= 15 is 0 Å². The van der Waals surface area contributed by atoms with Crippen LogP contribution in [0.3, 0.4) is 0 Å². The Labute approximate surface area is 257 Å². The summed E-state index contributed by atoms with van der Waals surface area (Å²) in [5.74, 6) is 0. The van der Waals surface area contributed by atoms with Crippen molar-refractivity contribution < 1.29 is 35.5 Å². The number of nitrogens with one attached hydrogen (secondary N) is 1. The van der Waals surface area contributed by atoms with Crippen LogP contribution in [0.4, 0.5) is 0 Å². The summed E-state index contributed by atoms with van der Waals surface area (Å²) in [6, 6.07) is 15.8. The third-order valence-corrected chi connectivity index (χ3v) is 4.67. The molecule has 4 N–H and O–H groups in total. The van der Waals surface area contributed by atoms with E-state index in [0.29, 0.717) is 6.54 Å². The maximum Gasteiger partial charge on any atom is 0.335 e. The maximum absolute atomic E-state index is 9.09. The molecule has 0 aliphatic rings. The summed E-state index contributed by atoms with van der Waals surface area (Å²) in [5, 5.41) is 16.2. The number of quaternary nitrogens is 1. The highest BCUT2D eigenvalue weighted by Gasteiger charge is 1.99. The number of halogens is 6. The number of hydrogen-bond acceptors (Lipinski definition) is 5. The Morgan fingerprint density at radius 1 is 0.946 bits per heavy atom. The molecule has 6 nitrogen and oxygen atoms in total. The van der Waals surface area contributed by atoms with Gasteiger partial charge in [0, 0.05) is 51.8 Å². The Balaban J connectivity index is -0.000000226. The zero-order valence-corrected chi connectivity index (χ0v) is 27.0. The lowest BCUT2D eigenvalue weighted by Crippen LogP contribution is -3.00. The molecular weight excluding hydrogens is 645 g/mol. The molecule has 0 fully saturated rings. The van der Waals surface area contributed by atoms with Crippen LogP contribution in [-0.2, 0) is 33.6 Å². The Hall–Kier alpha value is -0.100. The van der Waals surface area contributed by atoms with Crippen LogP contribution in [0.5, 0.6) is 0 Å². The van der Waals surface area contributed by atoms with Gasteiger partial charge in [-0.15, -0.1) is 11.6 Å². The smallest absolute Gasteiger partial charge is 0.335 e. The second-order valence-corrected chi connectivity index (χ2v) is 11.4. The Morgan fingerprint density at radius 2 is 1.32 bits per heavy atom. The fourth-order valence-electron chi connectivity index (χ4n) is 2.46. The van der Waals surface area contributed by atoms with Crippen LogP contribution in [0.15, 0.2) is 48.5 Å². The molecule has 0 bridgehead atoms. The normalized spacial score (nSPS) is 10.9. The summed E-state index contributed by atoms with van der Waals surface area (Å²) in [4.78, 5) is 0. The molecule has 0 amide bonds. The monoisotopic (exact) mass is 677 g/mol. The van der Waals surface area contributed by atoms with E-state index in [1.165, 1.54) is 11.1 Å². The largest absolute Gasteiger partial charge is 1.00 e. The lowest BCUT2D eigenvalue weighted by molar-refractivity contribution is -0.653. The van der Waals surface area contributed by atoms with Gasteiger partial charge in [0.05, 0.1) is 24.6 Å². The van der Waals surface area contributed by atoms with Crippen molar-refractivity contribution in [3.05, 3.63) is 77.1 Å². The molecule has 0 aromatic heterocycles. The molecule has 0 saturated carbocycles. The van der Waals surface area contributed by atoms with E-state index in [-0.39, 0.29) is 31.3 Å². The number of aliphatic hydroxyl groups is 1. The second kappa shape index (κ2) is 30.4. The van der Waals surface area contributed by atoms with Gasteiger partial charge in [-0.25, -0.2) is 4.21 Å². The van der Waals surface area contributed by atoms with E-state index in [2.05, 4.69) is 44.1 Å². The van der Waals surface area contributed by atoms with E-state index in [4.69, 9.17) is 52.5 Å². The van der Waals surface area contributed by atoms with Gasteiger partial charge in [-0.1, -0.05) is 47.5 Å². The first kappa shape index (κ1) is 43.9. The molecule has 14 heteroatoms. The summed E-state index contributed by atoms with van der Waals surface area (Å²) in [7, 11) is 7.36. The fourth-order valence-corrected chi connectivity index (χ4v) is 2.84. The van der Waals surface area contributed by atoms with E-state index in [9.17, 15) is 0 Å². The van der Waals surface area contributed by atoms with Gasteiger partial charge < -0.3 is 28.1 Å². The lowest BCUT2D eigenvalue weighted by Gasteiger charge is -2.06. The van der Waals surface area contributed by atoms with E-state index in [1.807, 2.05) is 43.3 Å². The van der Waals surface area contributed by atoms with Crippen LogP contribution in [0.2, 0.25) is 10.0 Å². The van der Waals surface area contributed by atoms with Gasteiger partial charge in [0.1, 0.15) is 0 Å². The average Bonchev–Trinajstić information content (AvgIpc) is 2.77. The van der Waals surface area contributed by atoms with Gasteiger partial charge in [0.15, 0.2) is 0 Å². The quantitative estimate of drug-likeness (QED) is 0.154. The average molecular weight is 680 g/mol. The Morgan fingerprint density at radius 3 is 1.68 bits per heavy atom. The zero-order chi connectivity index (χ0) is 27.1. The van der Waals surface area contributed by atoms with Crippen molar-refractivity contribution in [3.8, 4) is 0 Å². The third kappa shape index (κ3) is 35.9. The van der Waals surface area contributed by atoms with Crippen molar-refractivity contribution in [2.45, 2.75) is 38.2 Å². The third-order valence-electron chi connectivity index (χ3n) is 3.99. The van der Waals surface area contributed by atoms with Crippen molar-refractivity contribution in [3.63, 3.8) is 0 Å². The van der Waals surface area contributed by atoms with Crippen molar-refractivity contribution in [2.24, 2.45) is 0 Å². The molecule has 2 aromatic carbocycles. The Bertz CT molecular complexity index is 765. The van der Waals surface area contributed by atoms with Crippen LogP contribution in [0.1, 0.15) is 25.0 Å². The minimum absolute atomic E-state index is 0. The van der Waals surface area contributed by atoms with Crippen molar-refractivity contribution in [1.82, 2.24) is 5.32 Å². The Kier molecular flexibility index (Phi) is 36.1. The summed E-state index contributed by atoms with van der Waals surface area (Å²) in [6.07, 6.45) is 1.75. The predicted octanol–water partition coefficient (Wildman–Crippen LogP) is 1.75. The highest BCUT2D eigenvalue weighted by Crippen LogP contribution is 2.10. The minimum atomic E-state index is -1.67. The predicted molar refractivity (Wildman–Crippen MR) is 157 cm³/mol. The molecule has 0 radical (unpaired) electrons. The van der Waals surface area contributed by atoms with Crippen molar-refractivity contribution in [1.29, 1.82) is 0 Å². The summed E-state index contributed by atoms with van der Waals surface area (Å²) in [5.41, 5.74) is 2.58. The first-order valence-corrected chi connectivity index (χ1v) is 15.2. The summed E-state index contributed by atoms with van der Waals surface area (Å²) in [6.45, 7) is 7.38. The van der Waals surface area contributed by atoms with E-state index < -0.39 is 20.8 Å². The molecule has 2 aromatic rings. The SMILES string of the molecule is CC(Cl)C[NH2+]CCc1ccc(Cl)cc1.CC(O)CNCCc1ccc(Cl)cc1.O=S(Cl)Cl.O=S=O.[CH3+].[Cl-]. The van der Waals surface area contributed by atoms with Gasteiger partial charge >= 0.3 is 11.6 Å². The highest BCUT2D eigenvalue weighted by atomic mass is 36.0. The lowest BCUT2D eigenvalue weighted by atomic mass is 10.1. The molecule has 2 rings (SSSR count). The van der Waals surface area contributed by atoms with Crippen LogP contribution < -0.4 is 23.0 Å². The second-order valence-electron chi connectivity index (χ2n) is 7.15. The van der Waals surface area contributed by atoms with Crippen LogP contribution in [0, 0.1) is 7.43 Å². The van der Waals surface area contributed by atoms with E-state index in [0.717, 1.165) is 42.5 Å². The van der Waals surface area contributed by atoms with Crippen LogP contribution in [0.25, 0.3) is 0 Å². The molecule has 0 aliphatic carbocycles. The molecule has 0 spiro atoms. The zero-order valence-electron chi connectivity index (χ0n) is 20.8. The number of alkyl halides is 1. The number of hydrogen-bond donors (Lipinski definition) is 3. The maximum atomic E-state index is 9.09. The molecule has 0 heterocycles. The van der Waals surface area contributed by atoms with Gasteiger partial charge in [0.25, 0.3) is 0 Å². The minimum Gasteiger partial charge on any atom is -1.00 e. The first-order chi connectivity index (χ1) is 16.5. The van der Waals surface area contributed by atoms with E-state index in [1.54, 1.807) is 6.92 Å². The molecule has 214 valence electrons. The number of aliphatic hydroxyl groups excluding tert-OH is 1. The highest BCUT2D eigenvalue weighted by molar-refractivity contribution is 8.26. The van der Waals surface area contributed by atoms with Gasteiger partial charge in [0.2, 0.25) is 9.23 Å². The first-order valence-electron chi connectivity index (χ1n) is 10.5. The number of nitrogens with two attached hydrogens (primary N) is 1. The number of rotatable bonds is 10. The molecule has 37 heavy (non-hydrogen) atoms. The standard InChI is InChI=1S/C11H15Cl2N.C11H16ClNO.CH3.Cl2OS.ClH.O2S/c1-9(12)8-14-7-6-10-2-4-11(13)5-3-10;1-9(14)8-13-7-6-10-2-4-11(12)5-3-10;;1-4(2)3;;1-3-2/h2-5,9,14H,6-8H2,1H3;2-5,9,13-14H,6-8H2,1H3;1H3;;1H;/q;;+1;;;. The van der Waals surface area contributed by atoms with Crippen LogP contribution >= 0.6 is 56.2 Å².